The van der Waals surface area contributed by atoms with Crippen LogP contribution in [0.25, 0.3) is 4.85 Å². The fourth-order valence-electron chi connectivity index (χ4n) is 4.59. The maximum absolute atomic E-state index is 13.2. The summed E-state index contributed by atoms with van der Waals surface area (Å²) in [7, 11) is -1.76. The molecule has 0 spiro atoms. The van der Waals surface area contributed by atoms with E-state index in [0.717, 1.165) is 25.1 Å². The van der Waals surface area contributed by atoms with Gasteiger partial charge in [0.1, 0.15) is 6.61 Å². The lowest BCUT2D eigenvalue weighted by atomic mass is 9.76. The molecule has 0 bridgehead atoms. The fraction of sp³-hybridized carbons (Fsp3) is 0.560. The highest BCUT2D eigenvalue weighted by molar-refractivity contribution is 6.43. The van der Waals surface area contributed by atoms with Crippen molar-refractivity contribution in [1.82, 2.24) is 15.1 Å². The van der Waals surface area contributed by atoms with E-state index < -0.39 is 24.7 Å². The van der Waals surface area contributed by atoms with Gasteiger partial charge >= 0.3 is 13.2 Å². The number of rotatable bonds is 9. The van der Waals surface area contributed by atoms with Crippen LogP contribution in [0, 0.1) is 6.57 Å². The minimum Gasteiger partial charge on any atom is -0.447 e. The first-order chi connectivity index (χ1) is 17.2. The van der Waals surface area contributed by atoms with E-state index in [1.165, 1.54) is 0 Å². The summed E-state index contributed by atoms with van der Waals surface area (Å²) in [5.41, 5.74) is 0.403. The van der Waals surface area contributed by atoms with Gasteiger partial charge in [0.25, 0.3) is 5.91 Å². The van der Waals surface area contributed by atoms with E-state index >= 15 is 0 Å². The highest BCUT2D eigenvalue weighted by Gasteiger charge is 2.34. The van der Waals surface area contributed by atoms with Gasteiger partial charge in [-0.25, -0.2) is 9.64 Å². The quantitative estimate of drug-likeness (QED) is 0.267. The molecule has 11 heteroatoms. The first-order valence-electron chi connectivity index (χ1n) is 12.3. The van der Waals surface area contributed by atoms with Gasteiger partial charge in [-0.3, -0.25) is 9.69 Å². The van der Waals surface area contributed by atoms with Crippen LogP contribution < -0.4 is 5.32 Å². The number of carbonyl (C=O) groups is 2. The Labute approximate surface area is 212 Å². The molecule has 10 nitrogen and oxygen atoms in total. The van der Waals surface area contributed by atoms with Gasteiger partial charge in [0, 0.05) is 25.2 Å². The van der Waals surface area contributed by atoms with Crippen molar-refractivity contribution >= 4 is 19.1 Å². The Kier molecular flexibility index (Phi) is 9.90. The van der Waals surface area contributed by atoms with Crippen LogP contribution in [-0.2, 0) is 20.7 Å². The van der Waals surface area contributed by atoms with Gasteiger partial charge in [-0.05, 0) is 38.7 Å². The molecule has 2 aliphatic rings. The van der Waals surface area contributed by atoms with E-state index in [2.05, 4.69) is 15.1 Å². The van der Waals surface area contributed by atoms with Crippen molar-refractivity contribution in [1.29, 1.82) is 0 Å². The summed E-state index contributed by atoms with van der Waals surface area (Å²) in [6.45, 7) is 14.7. The monoisotopic (exact) mass is 498 g/mol. The Hall–Kier alpha value is -2.91. The molecule has 0 saturated carbocycles. The van der Waals surface area contributed by atoms with Crippen molar-refractivity contribution in [3.05, 3.63) is 59.1 Å². The van der Waals surface area contributed by atoms with Gasteiger partial charge in [0.15, 0.2) is 0 Å². The molecule has 1 aromatic carbocycles. The molecule has 2 heterocycles. The number of morpholine rings is 1. The van der Waals surface area contributed by atoms with Gasteiger partial charge in [-0.2, -0.15) is 0 Å². The third-order valence-corrected chi connectivity index (χ3v) is 6.66. The molecule has 3 rings (SSSR count). The predicted molar refractivity (Wildman–Crippen MR) is 135 cm³/mol. The average Bonchev–Trinajstić information content (AvgIpc) is 3.35. The van der Waals surface area contributed by atoms with E-state index in [1.54, 1.807) is 11.0 Å². The lowest BCUT2D eigenvalue weighted by Gasteiger charge is -2.39. The second-order valence-corrected chi connectivity index (χ2v) is 9.64. The van der Waals surface area contributed by atoms with Gasteiger partial charge < -0.3 is 29.7 Å². The molecule has 0 aliphatic carbocycles. The molecule has 194 valence electrons. The van der Waals surface area contributed by atoms with Gasteiger partial charge in [-0.15, -0.1) is 0 Å². The van der Waals surface area contributed by atoms with Crippen molar-refractivity contribution in [2.45, 2.75) is 50.6 Å². The molecule has 2 fully saturated rings. The summed E-state index contributed by atoms with van der Waals surface area (Å²) in [5, 5.41) is 21.9. The maximum atomic E-state index is 13.2. The van der Waals surface area contributed by atoms with Crippen LogP contribution in [0.5, 0.6) is 0 Å². The minimum atomic E-state index is -1.76. The Morgan fingerprint density at radius 3 is 2.61 bits per heavy atom. The maximum Gasteiger partial charge on any atom is 0.475 e. The van der Waals surface area contributed by atoms with Gasteiger partial charge in [-0.1, -0.05) is 36.4 Å². The first-order valence-corrected chi connectivity index (χ1v) is 12.3. The SMILES string of the molecule is [C-]#[N+]C(=CC(C)(C)N1CCOCC1)C(=O)N1CCC[C@@H]1COC(=O)N[C@@H](Cc1ccccc1)B(O)O. The summed E-state index contributed by atoms with van der Waals surface area (Å²) in [4.78, 5) is 32.9. The zero-order chi connectivity index (χ0) is 26.1. The lowest BCUT2D eigenvalue weighted by molar-refractivity contribution is -0.128. The van der Waals surface area contributed by atoms with Crippen LogP contribution in [-0.4, -0.2) is 95.9 Å². The van der Waals surface area contributed by atoms with E-state index in [0.29, 0.717) is 26.2 Å². The molecule has 2 saturated heterocycles. The van der Waals surface area contributed by atoms with Crippen molar-refractivity contribution < 1.29 is 29.1 Å². The average molecular weight is 498 g/mol. The van der Waals surface area contributed by atoms with E-state index in [9.17, 15) is 19.6 Å². The standard InChI is InChI=1S/C25H35BN4O6/c1-25(2,29-12-14-35-15-13-29)17-21(27-3)23(31)30-11-7-10-20(30)18-36-24(32)28-22(26(33)34)16-19-8-5-4-6-9-19/h4-6,8-9,17,20,22,33-34H,7,10-16,18H2,1-2H3,(H,28,32)/t20-,22+/m1/s1. The number of carbonyl (C=O) groups excluding carboxylic acids is 2. The number of benzene rings is 1. The molecule has 1 aromatic rings. The topological polar surface area (TPSA) is 116 Å². The van der Waals surface area contributed by atoms with Gasteiger partial charge in [0.2, 0.25) is 5.70 Å². The second kappa shape index (κ2) is 12.9. The number of nitrogens with one attached hydrogen (secondary N) is 1. The van der Waals surface area contributed by atoms with Crippen LogP contribution in [0.3, 0.4) is 0 Å². The molecule has 0 unspecified atom stereocenters. The Bertz CT molecular complexity index is 959. The first kappa shape index (κ1) is 27.7. The third kappa shape index (κ3) is 7.55. The van der Waals surface area contributed by atoms with Crippen LogP contribution in [0.4, 0.5) is 4.79 Å². The predicted octanol–water partition coefficient (Wildman–Crippen LogP) is 1.24. The zero-order valence-corrected chi connectivity index (χ0v) is 20.9. The number of nitrogens with zero attached hydrogens (tertiary/aromatic N) is 3. The highest BCUT2D eigenvalue weighted by atomic mass is 16.5. The van der Waals surface area contributed by atoms with Crippen molar-refractivity contribution in [2.75, 3.05) is 39.5 Å². The summed E-state index contributed by atoms with van der Waals surface area (Å²) in [6, 6.07) is 8.80. The normalized spacial score (nSPS) is 19.9. The summed E-state index contributed by atoms with van der Waals surface area (Å²) >= 11 is 0. The van der Waals surface area contributed by atoms with Crippen molar-refractivity contribution in [2.24, 2.45) is 0 Å². The summed E-state index contributed by atoms with van der Waals surface area (Å²) in [5.74, 6) is -1.31. The number of hydrogen-bond acceptors (Lipinski definition) is 7. The molecular weight excluding hydrogens is 463 g/mol. The second-order valence-electron chi connectivity index (χ2n) is 9.64. The number of amides is 2. The fourth-order valence-corrected chi connectivity index (χ4v) is 4.59. The zero-order valence-electron chi connectivity index (χ0n) is 20.9. The number of alkyl carbamates (subject to hydrolysis) is 1. The molecular formula is C25H35BN4O6. The van der Waals surface area contributed by atoms with E-state index in [4.69, 9.17) is 16.0 Å². The number of hydrogen-bond donors (Lipinski definition) is 3. The third-order valence-electron chi connectivity index (χ3n) is 6.66. The van der Waals surface area contributed by atoms with E-state index in [1.807, 2.05) is 44.2 Å². The molecule has 3 N–H and O–H groups in total. The van der Waals surface area contributed by atoms with Crippen LogP contribution in [0.2, 0.25) is 0 Å². The highest BCUT2D eigenvalue weighted by Crippen LogP contribution is 2.24. The van der Waals surface area contributed by atoms with E-state index in [-0.39, 0.29) is 30.7 Å². The number of likely N-dealkylation sites (tertiary alicyclic amines) is 1. The number of ether oxygens (including phenoxy) is 2. The molecule has 36 heavy (non-hydrogen) atoms. The Morgan fingerprint density at radius 1 is 1.28 bits per heavy atom. The Morgan fingerprint density at radius 2 is 1.97 bits per heavy atom. The Balaban J connectivity index is 1.58. The molecule has 0 aromatic heterocycles. The van der Waals surface area contributed by atoms with Crippen LogP contribution >= 0.6 is 0 Å². The van der Waals surface area contributed by atoms with Crippen LogP contribution in [0.1, 0.15) is 32.3 Å². The summed E-state index contributed by atoms with van der Waals surface area (Å²) < 4.78 is 10.8. The van der Waals surface area contributed by atoms with Crippen molar-refractivity contribution in [3.63, 3.8) is 0 Å². The minimum absolute atomic E-state index is 0.0463. The smallest absolute Gasteiger partial charge is 0.447 e. The molecule has 0 radical (unpaired) electrons. The van der Waals surface area contributed by atoms with Gasteiger partial charge in [0.05, 0.1) is 31.8 Å². The summed E-state index contributed by atoms with van der Waals surface area (Å²) in [6.07, 6.45) is 2.53. The molecule has 2 atom stereocenters. The van der Waals surface area contributed by atoms with Crippen LogP contribution in [0.15, 0.2) is 42.1 Å². The largest absolute Gasteiger partial charge is 0.475 e. The molecule has 2 aliphatic heterocycles. The molecule has 2 amide bonds. The lowest BCUT2D eigenvalue weighted by Crippen LogP contribution is -2.49. The van der Waals surface area contributed by atoms with Crippen molar-refractivity contribution in [3.8, 4) is 0 Å².